The maximum absolute atomic E-state index is 13.0. The number of nitrogens with zero attached hydrogens (tertiary/aromatic N) is 1. The lowest BCUT2D eigenvalue weighted by molar-refractivity contribution is -0.188. The first-order chi connectivity index (χ1) is 14.3. The monoisotopic (exact) mass is 473 g/mol. The summed E-state index contributed by atoms with van der Waals surface area (Å²) in [5.74, 6) is -2.06. The third kappa shape index (κ3) is 5.78. The summed E-state index contributed by atoms with van der Waals surface area (Å²) >= 11 is 0.924. The molecule has 2 aliphatic heterocycles. The lowest BCUT2D eigenvalue weighted by Gasteiger charge is -2.51. The third-order valence-corrected chi connectivity index (χ3v) is 12.0. The minimum Gasteiger partial charge on any atom is -0.458 e. The summed E-state index contributed by atoms with van der Waals surface area (Å²) < 4.78 is 16.7. The van der Waals surface area contributed by atoms with Crippen LogP contribution in [0.15, 0.2) is 12.7 Å². The number of hydrogen-bond acceptors (Lipinski definition) is 8. The van der Waals surface area contributed by atoms with Gasteiger partial charge in [0.2, 0.25) is 17.3 Å². The van der Waals surface area contributed by atoms with E-state index in [1.807, 2.05) is 6.92 Å². The van der Waals surface area contributed by atoms with Gasteiger partial charge in [-0.2, -0.15) is 0 Å². The highest BCUT2D eigenvalue weighted by Crippen LogP contribution is 2.44. The molecule has 2 saturated heterocycles. The molecular formula is C21H35NO7SSi. The molecule has 0 radical (unpaired) electrons. The lowest BCUT2D eigenvalue weighted by Crippen LogP contribution is -2.69. The molecule has 2 aliphatic rings. The van der Waals surface area contributed by atoms with Crippen LogP contribution in [-0.2, 0) is 28.3 Å². The number of thioether (sulfide) groups is 1. The van der Waals surface area contributed by atoms with Gasteiger partial charge in [0.1, 0.15) is 18.1 Å². The van der Waals surface area contributed by atoms with Crippen molar-refractivity contribution in [2.45, 2.75) is 82.5 Å². The number of likely N-dealkylation sites (tertiary alicyclic amines) is 1. The molecule has 0 saturated carbocycles. The summed E-state index contributed by atoms with van der Waals surface area (Å²) in [6, 6.07) is 0. The van der Waals surface area contributed by atoms with Crippen molar-refractivity contribution in [1.82, 2.24) is 4.90 Å². The van der Waals surface area contributed by atoms with Crippen LogP contribution in [0, 0.1) is 5.92 Å². The minimum atomic E-state index is -2.18. The first kappa shape index (κ1) is 26.1. The van der Waals surface area contributed by atoms with Gasteiger partial charge in [-0.3, -0.25) is 14.5 Å². The summed E-state index contributed by atoms with van der Waals surface area (Å²) in [4.78, 5) is 38.9. The van der Waals surface area contributed by atoms with Crippen LogP contribution in [0.25, 0.3) is 0 Å². The van der Waals surface area contributed by atoms with Gasteiger partial charge >= 0.3 is 5.97 Å². The molecule has 10 heteroatoms. The quantitative estimate of drug-likeness (QED) is 0.236. The molecule has 1 amide bonds. The van der Waals surface area contributed by atoms with Crippen molar-refractivity contribution in [3.63, 3.8) is 0 Å². The van der Waals surface area contributed by atoms with Crippen LogP contribution in [0.2, 0.25) is 18.1 Å². The number of carbonyl (C=O) groups excluding carboxylic acids is 3. The fourth-order valence-corrected chi connectivity index (χ4v) is 6.16. The van der Waals surface area contributed by atoms with Crippen molar-refractivity contribution in [3.8, 4) is 0 Å². The zero-order valence-electron chi connectivity index (χ0n) is 19.3. The van der Waals surface area contributed by atoms with Crippen LogP contribution in [0.5, 0.6) is 0 Å². The highest BCUT2D eigenvalue weighted by molar-refractivity contribution is 8.14. The molecule has 0 aromatic heterocycles. The number of aliphatic hydroxyl groups is 1. The van der Waals surface area contributed by atoms with E-state index in [9.17, 15) is 19.5 Å². The zero-order valence-corrected chi connectivity index (χ0v) is 21.1. The van der Waals surface area contributed by atoms with Crippen LogP contribution >= 0.6 is 11.8 Å². The molecule has 5 atom stereocenters. The standard InChI is InChI=1S/C21H35NO7SSi/c1-8-11-28-19(25)17(24)22-16(23)15(13(2)29-31(6,7)21(3,4)5)18(22)30-20(26)14-10-9-12-27-14/h8,13-15,17-18,24H,1,9-12H2,2-7H3/t13-,14-,15+,17?,18-/m1/s1. The zero-order chi connectivity index (χ0) is 23.6. The van der Waals surface area contributed by atoms with E-state index in [1.165, 1.54) is 6.08 Å². The van der Waals surface area contributed by atoms with E-state index in [2.05, 4.69) is 40.4 Å². The van der Waals surface area contributed by atoms with Crippen molar-refractivity contribution in [1.29, 1.82) is 0 Å². The van der Waals surface area contributed by atoms with Crippen LogP contribution in [0.4, 0.5) is 0 Å². The summed E-state index contributed by atoms with van der Waals surface area (Å²) in [6.45, 7) is 16.2. The first-order valence-electron chi connectivity index (χ1n) is 10.6. The molecule has 1 N–H and O–H groups in total. The van der Waals surface area contributed by atoms with Crippen LogP contribution in [0.1, 0.15) is 40.5 Å². The Balaban J connectivity index is 2.20. The van der Waals surface area contributed by atoms with Gasteiger partial charge in [0, 0.05) is 6.61 Å². The SMILES string of the molecule is C=CCOC(=O)C(O)N1C(=O)[C@H]([C@@H](C)O[Si](C)(C)C(C)(C)C)[C@H]1SC(=O)[C@H]1CCCO1. The Morgan fingerprint density at radius 1 is 1.42 bits per heavy atom. The largest absolute Gasteiger partial charge is 0.458 e. The maximum atomic E-state index is 13.0. The highest BCUT2D eigenvalue weighted by Gasteiger charge is 2.57. The molecule has 0 bridgehead atoms. The summed E-state index contributed by atoms with van der Waals surface area (Å²) in [7, 11) is -2.18. The van der Waals surface area contributed by atoms with Gasteiger partial charge in [-0.1, -0.05) is 45.2 Å². The molecule has 0 spiro atoms. The minimum absolute atomic E-state index is 0.0576. The number of β-lactam (4-membered cyclic amide) rings is 1. The average Bonchev–Trinajstić information content (AvgIpc) is 3.19. The van der Waals surface area contributed by atoms with Crippen molar-refractivity contribution >= 4 is 37.1 Å². The predicted molar refractivity (Wildman–Crippen MR) is 121 cm³/mol. The number of ether oxygens (including phenoxy) is 2. The summed E-state index contributed by atoms with van der Waals surface area (Å²) in [5.41, 5.74) is 0. The number of amides is 1. The van der Waals surface area contributed by atoms with E-state index >= 15 is 0 Å². The van der Waals surface area contributed by atoms with Crippen LogP contribution < -0.4 is 0 Å². The van der Waals surface area contributed by atoms with E-state index in [-0.39, 0.29) is 16.8 Å². The Kier molecular flexibility index (Phi) is 8.54. The van der Waals surface area contributed by atoms with E-state index in [1.54, 1.807) is 0 Å². The molecule has 0 aromatic carbocycles. The molecule has 0 aliphatic carbocycles. The van der Waals surface area contributed by atoms with Gasteiger partial charge in [0.15, 0.2) is 8.32 Å². The summed E-state index contributed by atoms with van der Waals surface area (Å²) in [6.07, 6.45) is -0.0149. The Morgan fingerprint density at radius 2 is 2.06 bits per heavy atom. The molecule has 0 aromatic rings. The topological polar surface area (TPSA) is 102 Å². The lowest BCUT2D eigenvalue weighted by atomic mass is 9.92. The number of hydrogen-bond donors (Lipinski definition) is 1. The molecule has 2 rings (SSSR count). The second-order valence-electron chi connectivity index (χ2n) is 9.48. The van der Waals surface area contributed by atoms with Crippen LogP contribution in [0.3, 0.4) is 0 Å². The van der Waals surface area contributed by atoms with Crippen molar-refractivity contribution in [2.24, 2.45) is 5.92 Å². The highest BCUT2D eigenvalue weighted by atomic mass is 32.2. The molecule has 8 nitrogen and oxygen atoms in total. The Labute approximate surface area is 189 Å². The van der Waals surface area contributed by atoms with Crippen molar-refractivity contribution in [2.75, 3.05) is 13.2 Å². The van der Waals surface area contributed by atoms with Gasteiger partial charge in [0.05, 0.1) is 12.0 Å². The Bertz CT molecular complexity index is 702. The van der Waals surface area contributed by atoms with Crippen LogP contribution in [-0.4, -0.2) is 72.3 Å². The number of rotatable bonds is 9. The number of aliphatic hydroxyl groups excluding tert-OH is 1. The molecular weight excluding hydrogens is 438 g/mol. The van der Waals surface area contributed by atoms with Gasteiger partial charge in [-0.05, 0) is 37.9 Å². The maximum Gasteiger partial charge on any atom is 0.356 e. The first-order valence-corrected chi connectivity index (χ1v) is 14.4. The molecule has 2 fully saturated rings. The van der Waals surface area contributed by atoms with E-state index in [0.717, 1.165) is 23.1 Å². The van der Waals surface area contributed by atoms with E-state index < -0.39 is 49.9 Å². The van der Waals surface area contributed by atoms with E-state index in [4.69, 9.17) is 13.9 Å². The second-order valence-corrected chi connectivity index (χ2v) is 15.4. The number of carbonyl (C=O) groups is 3. The molecule has 1 unspecified atom stereocenters. The number of esters is 1. The smallest absolute Gasteiger partial charge is 0.356 e. The van der Waals surface area contributed by atoms with Crippen molar-refractivity contribution < 1.29 is 33.4 Å². The Morgan fingerprint density at radius 3 is 2.58 bits per heavy atom. The molecule has 2 heterocycles. The fraction of sp³-hybridized carbons (Fsp3) is 0.762. The van der Waals surface area contributed by atoms with Crippen molar-refractivity contribution in [3.05, 3.63) is 12.7 Å². The van der Waals surface area contributed by atoms with Gasteiger partial charge in [-0.15, -0.1) is 0 Å². The fourth-order valence-electron chi connectivity index (χ4n) is 3.34. The van der Waals surface area contributed by atoms with E-state index in [0.29, 0.717) is 13.0 Å². The normalized spacial score (nSPS) is 26.2. The molecule has 176 valence electrons. The Hall–Kier alpha value is -1.20. The van der Waals surface area contributed by atoms with Gasteiger partial charge < -0.3 is 19.0 Å². The average molecular weight is 474 g/mol. The molecule has 31 heavy (non-hydrogen) atoms. The van der Waals surface area contributed by atoms with Gasteiger partial charge in [-0.25, -0.2) is 4.79 Å². The third-order valence-electron chi connectivity index (χ3n) is 6.16. The summed E-state index contributed by atoms with van der Waals surface area (Å²) in [5, 5.41) is 9.44. The predicted octanol–water partition coefficient (Wildman–Crippen LogP) is 2.67. The van der Waals surface area contributed by atoms with Gasteiger partial charge in [0.25, 0.3) is 0 Å². The second kappa shape index (κ2) is 10.2.